The van der Waals surface area contributed by atoms with E-state index in [0.717, 1.165) is 61.3 Å². The zero-order valence-electron chi connectivity index (χ0n) is 17.8. The van der Waals surface area contributed by atoms with Crippen LogP contribution in [0.25, 0.3) is 22.3 Å². The molecule has 8 heteroatoms. The number of alkyl halides is 3. The van der Waals surface area contributed by atoms with Crippen molar-refractivity contribution < 1.29 is 13.2 Å². The second kappa shape index (κ2) is 8.86. The summed E-state index contributed by atoms with van der Waals surface area (Å²) in [6.45, 7) is 2.67. The lowest BCUT2D eigenvalue weighted by Gasteiger charge is -2.31. The van der Waals surface area contributed by atoms with Crippen molar-refractivity contribution in [2.45, 2.75) is 31.5 Å². The summed E-state index contributed by atoms with van der Waals surface area (Å²) < 4.78 is 39.2. The van der Waals surface area contributed by atoms with Crippen molar-refractivity contribution in [3.05, 3.63) is 84.1 Å². The summed E-state index contributed by atoms with van der Waals surface area (Å²) >= 11 is 0. The maximum absolute atomic E-state index is 13.1. The van der Waals surface area contributed by atoms with Gasteiger partial charge in [0.05, 0.1) is 34.2 Å². The van der Waals surface area contributed by atoms with E-state index in [1.165, 1.54) is 17.8 Å². The van der Waals surface area contributed by atoms with Crippen LogP contribution in [-0.4, -0.2) is 37.9 Å². The predicted molar refractivity (Wildman–Crippen MR) is 119 cm³/mol. The number of hydrogen-bond acceptors (Lipinski definition) is 5. The van der Waals surface area contributed by atoms with Crippen LogP contribution < -0.4 is 0 Å². The van der Waals surface area contributed by atoms with E-state index in [1.54, 1.807) is 24.7 Å². The number of aromatic nitrogens is 4. The maximum atomic E-state index is 13.1. The smallest absolute Gasteiger partial charge is 0.299 e. The van der Waals surface area contributed by atoms with Crippen molar-refractivity contribution in [2.75, 3.05) is 13.1 Å². The number of hydrogen-bond donors (Lipinski definition) is 0. The molecule has 1 saturated heterocycles. The van der Waals surface area contributed by atoms with Gasteiger partial charge in [-0.1, -0.05) is 18.2 Å². The molecule has 0 bridgehead atoms. The van der Waals surface area contributed by atoms with Gasteiger partial charge in [0.15, 0.2) is 0 Å². The van der Waals surface area contributed by atoms with Crippen molar-refractivity contribution in [3.63, 3.8) is 0 Å². The van der Waals surface area contributed by atoms with Gasteiger partial charge in [0.25, 0.3) is 0 Å². The number of likely N-dealkylation sites (tertiary alicyclic amines) is 1. The molecule has 4 aromatic rings. The third-order valence-electron chi connectivity index (χ3n) is 6.08. The standard InChI is InChI=1S/C25H22F3N5/c26-25(27,28)20-3-1-2-19(13-20)24-15-29-14-23(32-24)18-6-10-33(11-7-18)16-17-4-5-21-22(12-17)31-9-8-30-21/h1-5,8-9,12-15,18H,6-7,10-11,16H2. The van der Waals surface area contributed by atoms with Gasteiger partial charge < -0.3 is 0 Å². The number of halogens is 3. The van der Waals surface area contributed by atoms with Gasteiger partial charge in [0, 0.05) is 36.6 Å². The summed E-state index contributed by atoms with van der Waals surface area (Å²) in [5.74, 6) is 0.238. The van der Waals surface area contributed by atoms with Crippen molar-refractivity contribution >= 4 is 11.0 Å². The van der Waals surface area contributed by atoms with E-state index in [2.05, 4.69) is 37.0 Å². The number of rotatable bonds is 4. The summed E-state index contributed by atoms with van der Waals surface area (Å²) in [6, 6.07) is 11.4. The van der Waals surface area contributed by atoms with Crippen molar-refractivity contribution in [1.82, 2.24) is 24.8 Å². The molecule has 0 radical (unpaired) electrons. The van der Waals surface area contributed by atoms with Crippen LogP contribution in [0.2, 0.25) is 0 Å². The molecule has 0 amide bonds. The molecule has 168 valence electrons. The third kappa shape index (κ3) is 4.85. The van der Waals surface area contributed by atoms with Gasteiger partial charge in [0.1, 0.15) is 0 Å². The fourth-order valence-electron chi connectivity index (χ4n) is 4.32. The fourth-order valence-corrected chi connectivity index (χ4v) is 4.32. The molecule has 1 aliphatic heterocycles. The number of fused-ring (bicyclic) bond motifs is 1. The quantitative estimate of drug-likeness (QED) is 0.413. The molecule has 2 aromatic heterocycles. The maximum Gasteiger partial charge on any atom is 0.416 e. The molecule has 0 spiro atoms. The molecule has 0 aliphatic carbocycles. The fraction of sp³-hybridized carbons (Fsp3) is 0.280. The molecular weight excluding hydrogens is 427 g/mol. The van der Waals surface area contributed by atoms with Crippen LogP contribution in [0.3, 0.4) is 0 Å². The summed E-state index contributed by atoms with van der Waals surface area (Å²) in [4.78, 5) is 20.0. The summed E-state index contributed by atoms with van der Waals surface area (Å²) in [7, 11) is 0. The monoisotopic (exact) mass is 449 g/mol. The van der Waals surface area contributed by atoms with Gasteiger partial charge in [-0.05, 0) is 55.8 Å². The van der Waals surface area contributed by atoms with E-state index < -0.39 is 11.7 Å². The van der Waals surface area contributed by atoms with Crippen LogP contribution in [0.4, 0.5) is 13.2 Å². The highest BCUT2D eigenvalue weighted by molar-refractivity contribution is 5.74. The molecule has 0 saturated carbocycles. The molecule has 1 fully saturated rings. The highest BCUT2D eigenvalue weighted by Crippen LogP contribution is 2.33. The number of benzene rings is 2. The van der Waals surface area contributed by atoms with Crippen molar-refractivity contribution in [3.8, 4) is 11.3 Å². The predicted octanol–water partition coefficient (Wildman–Crippen LogP) is 5.49. The molecular formula is C25H22F3N5. The van der Waals surface area contributed by atoms with Gasteiger partial charge >= 0.3 is 6.18 Å². The van der Waals surface area contributed by atoms with Crippen LogP contribution in [-0.2, 0) is 12.7 Å². The van der Waals surface area contributed by atoms with Gasteiger partial charge in [-0.2, -0.15) is 13.2 Å². The Morgan fingerprint density at radius 3 is 2.48 bits per heavy atom. The van der Waals surface area contributed by atoms with Crippen LogP contribution in [0.15, 0.2) is 67.3 Å². The average molecular weight is 449 g/mol. The van der Waals surface area contributed by atoms with E-state index in [0.29, 0.717) is 11.3 Å². The minimum absolute atomic E-state index is 0.238. The molecule has 1 aliphatic rings. The second-order valence-electron chi connectivity index (χ2n) is 8.34. The number of piperidine rings is 1. The first kappa shape index (κ1) is 21.5. The summed E-state index contributed by atoms with van der Waals surface area (Å²) in [6.07, 6.45) is 4.12. The summed E-state index contributed by atoms with van der Waals surface area (Å²) in [5.41, 5.74) is 4.04. The van der Waals surface area contributed by atoms with E-state index in [1.807, 2.05) is 6.07 Å². The minimum Gasteiger partial charge on any atom is -0.299 e. The van der Waals surface area contributed by atoms with Gasteiger partial charge in [-0.25, -0.2) is 4.98 Å². The highest BCUT2D eigenvalue weighted by Gasteiger charge is 2.30. The molecule has 0 atom stereocenters. The van der Waals surface area contributed by atoms with E-state index in [4.69, 9.17) is 0 Å². The van der Waals surface area contributed by atoms with E-state index >= 15 is 0 Å². The minimum atomic E-state index is -4.38. The van der Waals surface area contributed by atoms with Crippen molar-refractivity contribution in [2.24, 2.45) is 0 Å². The van der Waals surface area contributed by atoms with E-state index in [-0.39, 0.29) is 5.92 Å². The Bertz CT molecular complexity index is 1270. The van der Waals surface area contributed by atoms with Crippen LogP contribution >= 0.6 is 0 Å². The molecule has 33 heavy (non-hydrogen) atoms. The first-order valence-electron chi connectivity index (χ1n) is 10.9. The Kier molecular flexibility index (Phi) is 5.76. The second-order valence-corrected chi connectivity index (χ2v) is 8.34. The lowest BCUT2D eigenvalue weighted by atomic mass is 9.93. The SMILES string of the molecule is FC(F)(F)c1cccc(-c2cncc(C3CCN(Cc4ccc5nccnc5c4)CC3)n2)c1. The van der Waals surface area contributed by atoms with Gasteiger partial charge in [-0.15, -0.1) is 0 Å². The summed E-state index contributed by atoms with van der Waals surface area (Å²) in [5, 5.41) is 0. The van der Waals surface area contributed by atoms with Crippen LogP contribution in [0.5, 0.6) is 0 Å². The molecule has 2 aromatic carbocycles. The Morgan fingerprint density at radius 1 is 0.909 bits per heavy atom. The van der Waals surface area contributed by atoms with Gasteiger partial charge in [0.2, 0.25) is 0 Å². The Hall–Kier alpha value is -3.39. The Labute approximate surface area is 189 Å². The van der Waals surface area contributed by atoms with E-state index in [9.17, 15) is 13.2 Å². The topological polar surface area (TPSA) is 54.8 Å². The largest absolute Gasteiger partial charge is 0.416 e. The van der Waals surface area contributed by atoms with Crippen LogP contribution in [0.1, 0.15) is 35.6 Å². The molecule has 5 nitrogen and oxygen atoms in total. The highest BCUT2D eigenvalue weighted by atomic mass is 19.4. The third-order valence-corrected chi connectivity index (χ3v) is 6.08. The Morgan fingerprint density at radius 2 is 1.70 bits per heavy atom. The molecule has 0 N–H and O–H groups in total. The normalized spacial score (nSPS) is 15.7. The lowest BCUT2D eigenvalue weighted by molar-refractivity contribution is -0.137. The lowest BCUT2D eigenvalue weighted by Crippen LogP contribution is -2.32. The first-order chi connectivity index (χ1) is 16.0. The average Bonchev–Trinajstić information content (AvgIpc) is 2.84. The van der Waals surface area contributed by atoms with Crippen LogP contribution in [0, 0.1) is 0 Å². The van der Waals surface area contributed by atoms with Crippen molar-refractivity contribution in [1.29, 1.82) is 0 Å². The van der Waals surface area contributed by atoms with Gasteiger partial charge in [-0.3, -0.25) is 19.9 Å². The zero-order chi connectivity index (χ0) is 22.8. The zero-order valence-corrected chi connectivity index (χ0v) is 17.8. The first-order valence-corrected chi connectivity index (χ1v) is 10.9. The molecule has 0 unspecified atom stereocenters. The molecule has 5 rings (SSSR count). The molecule has 3 heterocycles. The number of nitrogens with zero attached hydrogens (tertiary/aromatic N) is 5. The Balaban J connectivity index is 1.26.